The van der Waals surface area contributed by atoms with Crippen LogP contribution in [0.1, 0.15) is 12.3 Å². The van der Waals surface area contributed by atoms with Crippen molar-refractivity contribution in [3.8, 4) is 17.1 Å². The lowest BCUT2D eigenvalue weighted by Crippen LogP contribution is -2.49. The van der Waals surface area contributed by atoms with E-state index < -0.39 is 11.9 Å². The van der Waals surface area contributed by atoms with Gasteiger partial charge in [0.05, 0.1) is 25.5 Å². The second-order valence-corrected chi connectivity index (χ2v) is 7.13. The van der Waals surface area contributed by atoms with Crippen molar-refractivity contribution in [2.45, 2.75) is 13.0 Å². The lowest BCUT2D eigenvalue weighted by molar-refractivity contribution is -0.142. The number of aliphatic carboxylic acids is 1. The third-order valence-corrected chi connectivity index (χ3v) is 5.28. The van der Waals surface area contributed by atoms with E-state index in [2.05, 4.69) is 15.0 Å². The van der Waals surface area contributed by atoms with Crippen LogP contribution in [0.4, 0.5) is 0 Å². The molecule has 1 amide bonds. The van der Waals surface area contributed by atoms with Gasteiger partial charge >= 0.3 is 5.97 Å². The van der Waals surface area contributed by atoms with Crippen LogP contribution < -0.4 is 4.74 Å². The van der Waals surface area contributed by atoms with Gasteiger partial charge < -0.3 is 19.3 Å². The van der Waals surface area contributed by atoms with Crippen LogP contribution in [0.3, 0.4) is 0 Å². The van der Waals surface area contributed by atoms with E-state index in [0.717, 1.165) is 11.3 Å². The third kappa shape index (κ3) is 3.84. The van der Waals surface area contributed by atoms with Crippen molar-refractivity contribution < 1.29 is 24.0 Å². The Labute approximate surface area is 161 Å². The minimum absolute atomic E-state index is 0.0355. The zero-order valence-electron chi connectivity index (χ0n) is 15.6. The van der Waals surface area contributed by atoms with E-state index in [1.807, 2.05) is 24.3 Å². The Hall–Kier alpha value is -2.94. The first-order valence-electron chi connectivity index (χ1n) is 9.26. The van der Waals surface area contributed by atoms with Crippen molar-refractivity contribution in [2.24, 2.45) is 11.8 Å². The fourth-order valence-electron chi connectivity index (χ4n) is 3.47. The first-order valence-corrected chi connectivity index (χ1v) is 9.26. The fourth-order valence-corrected chi connectivity index (χ4v) is 3.47. The lowest BCUT2D eigenvalue weighted by atomic mass is 10.2. The number of rotatable bonds is 6. The van der Waals surface area contributed by atoms with Gasteiger partial charge in [0, 0.05) is 31.7 Å². The summed E-state index contributed by atoms with van der Waals surface area (Å²) in [6.07, 6.45) is 0.463. The summed E-state index contributed by atoms with van der Waals surface area (Å²) in [6.45, 7) is 3.07. The summed E-state index contributed by atoms with van der Waals surface area (Å²) < 4.78 is 10.5. The molecule has 1 aliphatic carbocycles. The molecule has 1 saturated heterocycles. The molecule has 0 unspecified atom stereocenters. The lowest BCUT2D eigenvalue weighted by Gasteiger charge is -2.34. The van der Waals surface area contributed by atoms with Gasteiger partial charge in [-0.05, 0) is 30.7 Å². The van der Waals surface area contributed by atoms with Gasteiger partial charge in [0.25, 0.3) is 0 Å². The molecule has 1 N–H and O–H groups in total. The van der Waals surface area contributed by atoms with Crippen molar-refractivity contribution in [1.29, 1.82) is 0 Å². The summed E-state index contributed by atoms with van der Waals surface area (Å²) in [4.78, 5) is 31.6. The number of piperazine rings is 1. The summed E-state index contributed by atoms with van der Waals surface area (Å²) in [6, 6.07) is 7.44. The average molecular weight is 386 g/mol. The third-order valence-electron chi connectivity index (χ3n) is 5.28. The maximum absolute atomic E-state index is 12.3. The van der Waals surface area contributed by atoms with Crippen LogP contribution in [0.5, 0.6) is 5.75 Å². The number of hydrogen-bond acceptors (Lipinski definition) is 7. The summed E-state index contributed by atoms with van der Waals surface area (Å²) >= 11 is 0. The van der Waals surface area contributed by atoms with E-state index in [1.165, 1.54) is 0 Å². The minimum Gasteiger partial charge on any atom is -0.497 e. The van der Waals surface area contributed by atoms with E-state index in [4.69, 9.17) is 14.4 Å². The highest BCUT2D eigenvalue weighted by Crippen LogP contribution is 2.40. The highest BCUT2D eigenvalue weighted by molar-refractivity contribution is 5.89. The highest BCUT2D eigenvalue weighted by Gasteiger charge is 2.50. The maximum Gasteiger partial charge on any atom is 0.307 e. The van der Waals surface area contributed by atoms with Gasteiger partial charge in [0.15, 0.2) is 0 Å². The van der Waals surface area contributed by atoms with Gasteiger partial charge in [-0.15, -0.1) is 0 Å². The number of carbonyl (C=O) groups excluding carboxylic acids is 1. The molecule has 0 spiro atoms. The van der Waals surface area contributed by atoms with Crippen molar-refractivity contribution in [2.75, 3.05) is 33.3 Å². The standard InChI is InChI=1S/C19H22N4O5/c1-27-13-4-2-12(3-5-13)17-20-16(28-21-17)11-22-6-8-23(9-7-22)18(24)14-10-15(14)19(25)26/h2-5,14-15H,6-11H2,1H3,(H,25,26)/t14-,15-/m1/s1. The maximum atomic E-state index is 12.3. The molecule has 1 saturated carbocycles. The Morgan fingerprint density at radius 3 is 2.50 bits per heavy atom. The second-order valence-electron chi connectivity index (χ2n) is 7.13. The topological polar surface area (TPSA) is 109 Å². The highest BCUT2D eigenvalue weighted by atomic mass is 16.5. The first-order chi connectivity index (χ1) is 13.5. The first kappa shape index (κ1) is 18.4. The van der Waals surface area contributed by atoms with Gasteiger partial charge in [-0.3, -0.25) is 14.5 Å². The monoisotopic (exact) mass is 386 g/mol. The van der Waals surface area contributed by atoms with E-state index >= 15 is 0 Å². The zero-order valence-corrected chi connectivity index (χ0v) is 15.6. The molecule has 9 heteroatoms. The molecule has 1 aromatic heterocycles. The molecule has 148 valence electrons. The number of benzene rings is 1. The van der Waals surface area contributed by atoms with Crippen molar-refractivity contribution in [3.05, 3.63) is 30.2 Å². The number of methoxy groups -OCH3 is 1. The summed E-state index contributed by atoms with van der Waals surface area (Å²) in [5.41, 5.74) is 0.851. The molecule has 4 rings (SSSR count). The smallest absolute Gasteiger partial charge is 0.307 e. The van der Waals surface area contributed by atoms with Crippen molar-refractivity contribution in [3.63, 3.8) is 0 Å². The summed E-state index contributed by atoms with van der Waals surface area (Å²) in [5, 5.41) is 13.0. The zero-order chi connectivity index (χ0) is 19.7. The van der Waals surface area contributed by atoms with Gasteiger partial charge in [0.2, 0.25) is 17.6 Å². The van der Waals surface area contributed by atoms with Crippen LogP contribution in [0.2, 0.25) is 0 Å². The number of ether oxygens (including phenoxy) is 1. The molecule has 1 aromatic carbocycles. The summed E-state index contributed by atoms with van der Waals surface area (Å²) in [5.74, 6) is 0.0689. The quantitative estimate of drug-likeness (QED) is 0.786. The molecule has 9 nitrogen and oxygen atoms in total. The molecule has 2 atom stereocenters. The molecule has 2 aliphatic rings. The molecule has 2 heterocycles. The Balaban J connectivity index is 1.29. The number of nitrogens with zero attached hydrogens (tertiary/aromatic N) is 4. The Morgan fingerprint density at radius 1 is 1.18 bits per heavy atom. The molecule has 1 aliphatic heterocycles. The number of carboxylic acid groups (broad SMARTS) is 1. The largest absolute Gasteiger partial charge is 0.497 e. The Bertz CT molecular complexity index is 857. The Morgan fingerprint density at radius 2 is 1.89 bits per heavy atom. The molecule has 28 heavy (non-hydrogen) atoms. The summed E-state index contributed by atoms with van der Waals surface area (Å²) in [7, 11) is 1.61. The normalized spacial score (nSPS) is 22.1. The van der Waals surface area contributed by atoms with Crippen LogP contribution in [-0.4, -0.2) is 70.2 Å². The van der Waals surface area contributed by atoms with E-state index in [0.29, 0.717) is 50.9 Å². The number of carbonyl (C=O) groups is 2. The molecule has 0 bridgehead atoms. The second kappa shape index (κ2) is 7.59. The SMILES string of the molecule is COc1ccc(-c2noc(CN3CCN(C(=O)[C@@H]4C[C@H]4C(=O)O)CC3)n2)cc1. The molecular formula is C19H22N4O5. The number of amides is 1. The van der Waals surface area contributed by atoms with Crippen molar-refractivity contribution in [1.82, 2.24) is 19.9 Å². The molecular weight excluding hydrogens is 364 g/mol. The van der Waals surface area contributed by atoms with Crippen LogP contribution in [0, 0.1) is 11.8 Å². The number of carboxylic acids is 1. The van der Waals surface area contributed by atoms with Gasteiger partial charge in [-0.2, -0.15) is 4.98 Å². The molecule has 2 fully saturated rings. The van der Waals surface area contributed by atoms with Crippen molar-refractivity contribution >= 4 is 11.9 Å². The van der Waals surface area contributed by atoms with Gasteiger partial charge in [0.1, 0.15) is 5.75 Å². The predicted octanol–water partition coefficient (Wildman–Crippen LogP) is 1.11. The van der Waals surface area contributed by atoms with Crippen LogP contribution in [-0.2, 0) is 16.1 Å². The predicted molar refractivity (Wildman–Crippen MR) is 97.4 cm³/mol. The van der Waals surface area contributed by atoms with Crippen LogP contribution >= 0.6 is 0 Å². The van der Waals surface area contributed by atoms with E-state index in [9.17, 15) is 9.59 Å². The molecule has 0 radical (unpaired) electrons. The van der Waals surface area contributed by atoms with Gasteiger partial charge in [-0.25, -0.2) is 0 Å². The van der Waals surface area contributed by atoms with Crippen LogP contribution in [0.15, 0.2) is 28.8 Å². The van der Waals surface area contributed by atoms with E-state index in [-0.39, 0.29) is 11.8 Å². The minimum atomic E-state index is -0.874. The molecule has 2 aromatic rings. The van der Waals surface area contributed by atoms with E-state index in [1.54, 1.807) is 12.0 Å². The van der Waals surface area contributed by atoms with Gasteiger partial charge in [-0.1, -0.05) is 5.16 Å². The average Bonchev–Trinajstić information content (AvgIpc) is 3.40. The fraction of sp³-hybridized carbons (Fsp3) is 0.474. The van der Waals surface area contributed by atoms with Crippen LogP contribution in [0.25, 0.3) is 11.4 Å². The Kier molecular flexibility index (Phi) is 4.99. The number of aromatic nitrogens is 2. The number of hydrogen-bond donors (Lipinski definition) is 1.